The first-order valence-corrected chi connectivity index (χ1v) is 7.31. The molecule has 1 unspecified atom stereocenters. The molecule has 0 bridgehead atoms. The van der Waals surface area contributed by atoms with E-state index in [1.54, 1.807) is 0 Å². The van der Waals surface area contributed by atoms with Crippen molar-refractivity contribution in [2.75, 3.05) is 31.1 Å². The topological polar surface area (TPSA) is 48.3 Å². The van der Waals surface area contributed by atoms with Crippen molar-refractivity contribution in [2.45, 2.75) is 32.2 Å². The number of benzene rings is 1. The van der Waals surface area contributed by atoms with Gasteiger partial charge in [0.15, 0.2) is 0 Å². The Morgan fingerprint density at radius 3 is 3.00 bits per heavy atom. The lowest BCUT2D eigenvalue weighted by Gasteiger charge is -2.32. The van der Waals surface area contributed by atoms with Gasteiger partial charge < -0.3 is 9.64 Å². The average molecular weight is 273 g/mol. The number of nitrogens with one attached hydrogen (secondary N) is 1. The molecule has 1 N–H and O–H groups in total. The van der Waals surface area contributed by atoms with Crippen LogP contribution in [0.2, 0.25) is 0 Å². The van der Waals surface area contributed by atoms with Crippen molar-refractivity contribution < 1.29 is 4.74 Å². The molecule has 0 saturated carbocycles. The fraction of sp³-hybridized carbons (Fsp3) is 0.562. The summed E-state index contributed by atoms with van der Waals surface area (Å²) in [6, 6.07) is 10.5. The van der Waals surface area contributed by atoms with Crippen LogP contribution in [0.5, 0.6) is 5.75 Å². The fourth-order valence-electron chi connectivity index (χ4n) is 2.48. The third-order valence-electron chi connectivity index (χ3n) is 3.55. The van der Waals surface area contributed by atoms with Gasteiger partial charge in [0.2, 0.25) is 0 Å². The van der Waals surface area contributed by atoms with Gasteiger partial charge in [-0.1, -0.05) is 19.1 Å². The zero-order valence-electron chi connectivity index (χ0n) is 12.4. The van der Waals surface area contributed by atoms with Gasteiger partial charge in [0, 0.05) is 13.1 Å². The summed E-state index contributed by atoms with van der Waals surface area (Å²) >= 11 is 0. The molecule has 0 aromatic heterocycles. The molecule has 0 aliphatic carbocycles. The Morgan fingerprint density at radius 2 is 2.25 bits per heavy atom. The second-order valence-corrected chi connectivity index (χ2v) is 5.46. The van der Waals surface area contributed by atoms with Crippen LogP contribution in [0.3, 0.4) is 0 Å². The van der Waals surface area contributed by atoms with Crippen LogP contribution >= 0.6 is 0 Å². The first-order valence-electron chi connectivity index (χ1n) is 7.31. The van der Waals surface area contributed by atoms with E-state index in [0.29, 0.717) is 6.54 Å². The summed E-state index contributed by atoms with van der Waals surface area (Å²) < 4.78 is 5.76. The molecule has 0 saturated heterocycles. The quantitative estimate of drug-likeness (QED) is 0.895. The summed E-state index contributed by atoms with van der Waals surface area (Å²) in [7, 11) is 0. The normalized spacial score (nSPS) is 17.4. The number of hydrogen-bond acceptors (Lipinski definition) is 4. The van der Waals surface area contributed by atoms with Crippen molar-refractivity contribution >= 4 is 5.69 Å². The van der Waals surface area contributed by atoms with Gasteiger partial charge in [-0.15, -0.1) is 0 Å². The standard InChI is InChI=1S/C16H23N3O/c1-3-9-18-16(2,12-17)13-19-10-6-11-20-15-8-5-4-7-14(15)19/h4-5,7-8,18H,3,6,9-11,13H2,1-2H3. The van der Waals surface area contributed by atoms with E-state index in [-0.39, 0.29) is 0 Å². The molecule has 1 aromatic carbocycles. The maximum absolute atomic E-state index is 9.49. The Bertz CT molecular complexity index is 483. The lowest BCUT2D eigenvalue weighted by Crippen LogP contribution is -2.51. The second-order valence-electron chi connectivity index (χ2n) is 5.46. The van der Waals surface area contributed by atoms with Gasteiger partial charge >= 0.3 is 0 Å². The molecule has 2 rings (SSSR count). The summed E-state index contributed by atoms with van der Waals surface area (Å²) in [5.74, 6) is 0.917. The van der Waals surface area contributed by atoms with Crippen LogP contribution in [0.4, 0.5) is 5.69 Å². The third-order valence-corrected chi connectivity index (χ3v) is 3.55. The van der Waals surface area contributed by atoms with Crippen LogP contribution in [-0.2, 0) is 0 Å². The zero-order chi connectivity index (χ0) is 14.4. The molecule has 1 aliphatic heterocycles. The van der Waals surface area contributed by atoms with Crippen molar-refractivity contribution in [3.8, 4) is 11.8 Å². The minimum Gasteiger partial charge on any atom is -0.491 e. The Kier molecular flexibility index (Phi) is 4.86. The lowest BCUT2D eigenvalue weighted by molar-refractivity contribution is 0.322. The number of nitriles is 1. The molecule has 20 heavy (non-hydrogen) atoms. The van der Waals surface area contributed by atoms with Gasteiger partial charge in [-0.25, -0.2) is 0 Å². The van der Waals surface area contributed by atoms with Gasteiger partial charge in [-0.2, -0.15) is 5.26 Å². The van der Waals surface area contributed by atoms with E-state index in [9.17, 15) is 5.26 Å². The Hall–Kier alpha value is -1.73. The summed E-state index contributed by atoms with van der Waals surface area (Å²) in [5, 5.41) is 12.8. The van der Waals surface area contributed by atoms with E-state index < -0.39 is 5.54 Å². The molecule has 108 valence electrons. The molecule has 1 aromatic rings. The minimum atomic E-state index is -0.534. The number of rotatable bonds is 5. The van der Waals surface area contributed by atoms with Crippen molar-refractivity contribution in [3.05, 3.63) is 24.3 Å². The first-order chi connectivity index (χ1) is 9.68. The largest absolute Gasteiger partial charge is 0.491 e. The zero-order valence-corrected chi connectivity index (χ0v) is 12.4. The average Bonchev–Trinajstić information content (AvgIpc) is 2.68. The second kappa shape index (κ2) is 6.62. The van der Waals surface area contributed by atoms with Gasteiger partial charge in [-0.3, -0.25) is 5.32 Å². The van der Waals surface area contributed by atoms with Gasteiger partial charge in [-0.05, 0) is 38.4 Å². The molecule has 1 atom stereocenters. The molecular formula is C16H23N3O. The number of nitrogens with zero attached hydrogens (tertiary/aromatic N) is 2. The maximum atomic E-state index is 9.49. The number of anilines is 1. The molecule has 0 spiro atoms. The molecule has 1 aliphatic rings. The number of hydrogen-bond donors (Lipinski definition) is 1. The van der Waals surface area contributed by atoms with Gasteiger partial charge in [0.05, 0.1) is 18.4 Å². The third kappa shape index (κ3) is 3.43. The monoisotopic (exact) mass is 273 g/mol. The highest BCUT2D eigenvalue weighted by Gasteiger charge is 2.28. The molecular weight excluding hydrogens is 250 g/mol. The van der Waals surface area contributed by atoms with Crippen molar-refractivity contribution in [3.63, 3.8) is 0 Å². The van der Waals surface area contributed by atoms with E-state index in [1.807, 2.05) is 25.1 Å². The van der Waals surface area contributed by atoms with Gasteiger partial charge in [0.1, 0.15) is 11.3 Å². The van der Waals surface area contributed by atoms with E-state index in [0.717, 1.165) is 44.0 Å². The summed E-state index contributed by atoms with van der Waals surface area (Å²) in [4.78, 5) is 2.26. The molecule has 0 fully saturated rings. The van der Waals surface area contributed by atoms with Gasteiger partial charge in [0.25, 0.3) is 0 Å². The fourth-order valence-corrected chi connectivity index (χ4v) is 2.48. The van der Waals surface area contributed by atoms with E-state index in [4.69, 9.17) is 4.74 Å². The summed E-state index contributed by atoms with van der Waals surface area (Å²) in [6.07, 6.45) is 2.00. The van der Waals surface area contributed by atoms with Crippen molar-refractivity contribution in [1.82, 2.24) is 5.32 Å². The van der Waals surface area contributed by atoms with Crippen LogP contribution in [-0.4, -0.2) is 31.8 Å². The Labute approximate surface area is 121 Å². The predicted octanol–water partition coefficient (Wildman–Crippen LogP) is 2.56. The smallest absolute Gasteiger partial charge is 0.142 e. The predicted molar refractivity (Wildman–Crippen MR) is 81.1 cm³/mol. The minimum absolute atomic E-state index is 0.534. The number of fused-ring (bicyclic) bond motifs is 1. The highest BCUT2D eigenvalue weighted by atomic mass is 16.5. The maximum Gasteiger partial charge on any atom is 0.142 e. The van der Waals surface area contributed by atoms with Crippen LogP contribution in [0.25, 0.3) is 0 Å². The van der Waals surface area contributed by atoms with Crippen LogP contribution in [0.1, 0.15) is 26.7 Å². The Balaban J connectivity index is 2.18. The van der Waals surface area contributed by atoms with Crippen LogP contribution in [0, 0.1) is 11.3 Å². The highest BCUT2D eigenvalue weighted by molar-refractivity contribution is 5.59. The van der Waals surface area contributed by atoms with E-state index in [2.05, 4.69) is 29.3 Å². The van der Waals surface area contributed by atoms with Crippen molar-refractivity contribution in [1.29, 1.82) is 5.26 Å². The number of ether oxygens (including phenoxy) is 1. The Morgan fingerprint density at radius 1 is 1.45 bits per heavy atom. The molecule has 0 radical (unpaired) electrons. The van der Waals surface area contributed by atoms with Crippen molar-refractivity contribution in [2.24, 2.45) is 0 Å². The summed E-state index contributed by atoms with van der Waals surface area (Å²) in [5.41, 5.74) is 0.553. The summed E-state index contributed by atoms with van der Waals surface area (Å²) in [6.45, 7) is 7.26. The van der Waals surface area contributed by atoms with E-state index >= 15 is 0 Å². The van der Waals surface area contributed by atoms with Crippen LogP contribution in [0.15, 0.2) is 24.3 Å². The number of para-hydroxylation sites is 2. The molecule has 4 nitrogen and oxygen atoms in total. The molecule has 4 heteroatoms. The lowest BCUT2D eigenvalue weighted by atomic mass is 10.0. The van der Waals surface area contributed by atoms with E-state index in [1.165, 1.54) is 0 Å². The first kappa shape index (κ1) is 14.7. The van der Waals surface area contributed by atoms with Crippen LogP contribution < -0.4 is 15.0 Å². The highest BCUT2D eigenvalue weighted by Crippen LogP contribution is 2.31. The SMILES string of the molecule is CCCNC(C)(C#N)CN1CCCOc2ccccc21. The molecule has 1 heterocycles. The molecule has 0 amide bonds.